The molecule has 17 heavy (non-hydrogen) atoms. The van der Waals surface area contributed by atoms with E-state index in [9.17, 15) is 9.90 Å². The second kappa shape index (κ2) is 2.96. The summed E-state index contributed by atoms with van der Waals surface area (Å²) < 4.78 is 0. The van der Waals surface area contributed by atoms with Gasteiger partial charge in [0.25, 0.3) is 0 Å². The van der Waals surface area contributed by atoms with Crippen LogP contribution >= 0.6 is 0 Å². The normalized spacial score (nSPS) is 55.9. The SMILES string of the molecule is C[C@H]1CC[C@H]2[C@]13C=C[C@](C)(CC3)[C@]2(C)C(=O)O. The first-order chi connectivity index (χ1) is 7.87. The van der Waals surface area contributed by atoms with Crippen LogP contribution in [0.25, 0.3) is 0 Å². The van der Waals surface area contributed by atoms with Crippen molar-refractivity contribution in [2.24, 2.45) is 28.1 Å². The standard InChI is InChI=1S/C15H22O2/c1-10-4-5-11-14(3,12(16)17)13(2)6-8-15(10,11)9-7-13/h6,8,10-11H,4-5,7,9H2,1-3H3,(H,16,17)/t10-,11+,13+,14-,15-/m0/s1. The molecule has 4 aliphatic rings. The molecule has 5 atom stereocenters. The first-order valence-electron chi connectivity index (χ1n) is 6.81. The summed E-state index contributed by atoms with van der Waals surface area (Å²) in [5, 5.41) is 9.78. The highest BCUT2D eigenvalue weighted by molar-refractivity contribution is 5.77. The predicted molar refractivity (Wildman–Crippen MR) is 66.5 cm³/mol. The van der Waals surface area contributed by atoms with Crippen LogP contribution in [-0.4, -0.2) is 11.1 Å². The minimum absolute atomic E-state index is 0.144. The number of aliphatic carboxylic acids is 1. The highest BCUT2D eigenvalue weighted by atomic mass is 16.4. The van der Waals surface area contributed by atoms with E-state index in [1.165, 1.54) is 12.8 Å². The first kappa shape index (κ1) is 11.3. The molecule has 2 heteroatoms. The van der Waals surface area contributed by atoms with Crippen molar-refractivity contribution in [1.29, 1.82) is 0 Å². The first-order valence-corrected chi connectivity index (χ1v) is 6.81. The van der Waals surface area contributed by atoms with Crippen molar-refractivity contribution in [2.45, 2.75) is 46.5 Å². The van der Waals surface area contributed by atoms with E-state index in [0.29, 0.717) is 11.8 Å². The number of allylic oxidation sites excluding steroid dienone is 2. The second-order valence-electron chi connectivity index (χ2n) is 6.90. The fraction of sp³-hybridized carbons (Fsp3) is 0.800. The van der Waals surface area contributed by atoms with Crippen molar-refractivity contribution >= 4 is 5.97 Å². The highest BCUT2D eigenvalue weighted by Gasteiger charge is 2.68. The van der Waals surface area contributed by atoms with Crippen LogP contribution in [0, 0.1) is 28.1 Å². The second-order valence-corrected chi connectivity index (χ2v) is 6.90. The summed E-state index contributed by atoms with van der Waals surface area (Å²) in [6, 6.07) is 0. The number of rotatable bonds is 1. The Kier molecular flexibility index (Phi) is 1.97. The Labute approximate surface area is 103 Å². The molecule has 2 fully saturated rings. The van der Waals surface area contributed by atoms with Gasteiger partial charge in [-0.05, 0) is 49.9 Å². The molecule has 0 aromatic carbocycles. The molecule has 1 spiro atoms. The van der Waals surface area contributed by atoms with Crippen molar-refractivity contribution in [3.05, 3.63) is 12.2 Å². The molecule has 2 saturated carbocycles. The van der Waals surface area contributed by atoms with Gasteiger partial charge in [-0.3, -0.25) is 4.79 Å². The summed E-state index contributed by atoms with van der Waals surface area (Å²) in [4.78, 5) is 11.9. The Bertz CT molecular complexity index is 413. The maximum Gasteiger partial charge on any atom is 0.310 e. The largest absolute Gasteiger partial charge is 0.481 e. The average Bonchev–Trinajstić information content (AvgIpc) is 2.61. The van der Waals surface area contributed by atoms with Crippen LogP contribution < -0.4 is 0 Å². The number of hydrogen-bond acceptors (Lipinski definition) is 1. The molecule has 0 aromatic rings. The van der Waals surface area contributed by atoms with Crippen molar-refractivity contribution in [1.82, 2.24) is 0 Å². The summed E-state index contributed by atoms with van der Waals surface area (Å²) in [7, 11) is 0. The maximum atomic E-state index is 11.9. The molecule has 0 unspecified atom stereocenters. The lowest BCUT2D eigenvalue weighted by Gasteiger charge is -2.61. The monoisotopic (exact) mass is 234 g/mol. The minimum Gasteiger partial charge on any atom is -0.481 e. The van der Waals surface area contributed by atoms with Gasteiger partial charge in [0.05, 0.1) is 5.41 Å². The number of carboxylic acids is 1. The van der Waals surface area contributed by atoms with E-state index in [4.69, 9.17) is 0 Å². The van der Waals surface area contributed by atoms with Crippen molar-refractivity contribution < 1.29 is 9.90 Å². The third kappa shape index (κ3) is 1.01. The van der Waals surface area contributed by atoms with Crippen molar-refractivity contribution in [2.75, 3.05) is 0 Å². The fourth-order valence-corrected chi connectivity index (χ4v) is 5.03. The Morgan fingerprint density at radius 1 is 1.24 bits per heavy atom. The minimum atomic E-state index is -0.590. The molecule has 4 aliphatic carbocycles. The number of carbonyl (C=O) groups is 1. The lowest BCUT2D eigenvalue weighted by molar-refractivity contribution is -0.173. The van der Waals surface area contributed by atoms with Gasteiger partial charge in [-0.2, -0.15) is 0 Å². The third-order valence-electron chi connectivity index (χ3n) is 6.62. The van der Waals surface area contributed by atoms with Crippen LogP contribution in [0.3, 0.4) is 0 Å². The van der Waals surface area contributed by atoms with Gasteiger partial charge in [0.2, 0.25) is 0 Å². The topological polar surface area (TPSA) is 37.3 Å². The van der Waals surface area contributed by atoms with Crippen molar-refractivity contribution in [3.8, 4) is 0 Å². The van der Waals surface area contributed by atoms with Gasteiger partial charge >= 0.3 is 5.97 Å². The Hall–Kier alpha value is -0.790. The van der Waals surface area contributed by atoms with E-state index in [1.54, 1.807) is 0 Å². The zero-order chi connectivity index (χ0) is 12.5. The van der Waals surface area contributed by atoms with Crippen LogP contribution in [0.4, 0.5) is 0 Å². The van der Waals surface area contributed by atoms with Gasteiger partial charge in [-0.15, -0.1) is 0 Å². The molecule has 0 aliphatic heterocycles. The summed E-state index contributed by atoms with van der Waals surface area (Å²) in [5.74, 6) is 0.394. The van der Waals surface area contributed by atoms with E-state index >= 15 is 0 Å². The molecule has 0 heterocycles. The molecule has 4 rings (SSSR count). The van der Waals surface area contributed by atoms with E-state index in [-0.39, 0.29) is 10.8 Å². The molecule has 0 aromatic heterocycles. The Morgan fingerprint density at radius 3 is 2.47 bits per heavy atom. The van der Waals surface area contributed by atoms with Gasteiger partial charge in [-0.1, -0.05) is 26.0 Å². The van der Waals surface area contributed by atoms with Crippen LogP contribution in [0.5, 0.6) is 0 Å². The zero-order valence-electron chi connectivity index (χ0n) is 11.0. The zero-order valence-corrected chi connectivity index (χ0v) is 11.0. The van der Waals surface area contributed by atoms with Gasteiger partial charge in [0.15, 0.2) is 0 Å². The molecular formula is C15H22O2. The molecule has 2 bridgehead atoms. The highest BCUT2D eigenvalue weighted by Crippen LogP contribution is 2.71. The molecule has 0 saturated heterocycles. The van der Waals surface area contributed by atoms with E-state index in [0.717, 1.165) is 12.8 Å². The van der Waals surface area contributed by atoms with Crippen LogP contribution in [0.2, 0.25) is 0 Å². The molecule has 2 nitrogen and oxygen atoms in total. The van der Waals surface area contributed by atoms with Gasteiger partial charge < -0.3 is 5.11 Å². The molecular weight excluding hydrogens is 212 g/mol. The van der Waals surface area contributed by atoms with Gasteiger partial charge in [0, 0.05) is 5.41 Å². The fourth-order valence-electron chi connectivity index (χ4n) is 5.03. The number of hydrogen-bond donors (Lipinski definition) is 1. The van der Waals surface area contributed by atoms with Crippen molar-refractivity contribution in [3.63, 3.8) is 0 Å². The maximum absolute atomic E-state index is 11.9. The lowest BCUT2D eigenvalue weighted by atomic mass is 9.42. The Balaban J connectivity index is 2.20. The van der Waals surface area contributed by atoms with Gasteiger partial charge in [0.1, 0.15) is 0 Å². The van der Waals surface area contributed by atoms with Crippen LogP contribution in [0.1, 0.15) is 46.5 Å². The number of carboxylic acid groups (broad SMARTS) is 1. The molecule has 0 amide bonds. The number of fused-ring (bicyclic) bond motifs is 1. The summed E-state index contributed by atoms with van der Waals surface area (Å²) >= 11 is 0. The quantitative estimate of drug-likeness (QED) is 0.705. The molecule has 0 radical (unpaired) electrons. The van der Waals surface area contributed by atoms with E-state index < -0.39 is 11.4 Å². The smallest absolute Gasteiger partial charge is 0.310 e. The lowest BCUT2D eigenvalue weighted by Crippen LogP contribution is -2.59. The summed E-state index contributed by atoms with van der Waals surface area (Å²) in [5.41, 5.74) is -0.523. The summed E-state index contributed by atoms with van der Waals surface area (Å²) in [6.45, 7) is 6.44. The summed E-state index contributed by atoms with van der Waals surface area (Å²) in [6.07, 6.45) is 9.10. The average molecular weight is 234 g/mol. The van der Waals surface area contributed by atoms with E-state index in [2.05, 4.69) is 26.0 Å². The van der Waals surface area contributed by atoms with Gasteiger partial charge in [-0.25, -0.2) is 0 Å². The van der Waals surface area contributed by atoms with E-state index in [1.807, 2.05) is 6.92 Å². The molecule has 94 valence electrons. The Morgan fingerprint density at radius 2 is 1.94 bits per heavy atom. The van der Waals surface area contributed by atoms with Crippen LogP contribution in [0.15, 0.2) is 12.2 Å². The third-order valence-corrected chi connectivity index (χ3v) is 6.62. The predicted octanol–water partition coefficient (Wildman–Crippen LogP) is 3.48. The molecule has 1 N–H and O–H groups in total. The van der Waals surface area contributed by atoms with Crippen LogP contribution in [-0.2, 0) is 4.79 Å².